The quantitative estimate of drug-likeness (QED) is 0.846. The van der Waals surface area contributed by atoms with Crippen LogP contribution in [0.1, 0.15) is 36.6 Å². The Morgan fingerprint density at radius 3 is 2.50 bits per heavy atom. The third-order valence-electron chi connectivity index (χ3n) is 4.22. The van der Waals surface area contributed by atoms with Crippen LogP contribution >= 0.6 is 0 Å². The van der Waals surface area contributed by atoms with E-state index in [1.165, 1.54) is 12.1 Å². The molecule has 3 rings (SSSR count). The largest absolute Gasteiger partial charge is 0.486 e. The number of rotatable bonds is 4. The molecule has 2 heterocycles. The molecule has 1 saturated heterocycles. The fraction of sp³-hybridized carbons (Fsp3) is 0.421. The summed E-state index contributed by atoms with van der Waals surface area (Å²) in [5.41, 5.74) is 0. The Labute approximate surface area is 141 Å². The molecule has 24 heavy (non-hydrogen) atoms. The second-order valence-electron chi connectivity index (χ2n) is 6.66. The van der Waals surface area contributed by atoms with E-state index < -0.39 is 0 Å². The van der Waals surface area contributed by atoms with Crippen molar-refractivity contribution in [2.75, 3.05) is 13.1 Å². The third kappa shape index (κ3) is 3.96. The highest BCUT2D eigenvalue weighted by atomic mass is 19.1. The fourth-order valence-electron chi connectivity index (χ4n) is 3.24. The van der Waals surface area contributed by atoms with Gasteiger partial charge < -0.3 is 14.1 Å². The first-order valence-electron chi connectivity index (χ1n) is 8.27. The van der Waals surface area contributed by atoms with E-state index in [0.29, 0.717) is 29.1 Å². The summed E-state index contributed by atoms with van der Waals surface area (Å²) in [7, 11) is 0. The first kappa shape index (κ1) is 16.6. The second kappa shape index (κ2) is 7.07. The molecule has 0 bridgehead atoms. The molecule has 1 aromatic carbocycles. The molecular weight excluding hydrogens is 309 g/mol. The van der Waals surface area contributed by atoms with Crippen molar-refractivity contribution in [1.82, 2.24) is 4.90 Å². The first-order valence-corrected chi connectivity index (χ1v) is 8.27. The van der Waals surface area contributed by atoms with Gasteiger partial charge in [0.05, 0.1) is 0 Å². The molecule has 0 radical (unpaired) electrons. The van der Waals surface area contributed by atoms with Crippen LogP contribution in [0, 0.1) is 17.7 Å². The zero-order valence-electron chi connectivity index (χ0n) is 14.0. The standard InChI is InChI=1S/C19H22FNO3/c1-13-9-14(2)11-21(10-13)19(22)18-8-7-17(24-18)12-23-16-5-3-15(20)4-6-16/h3-8,13-14H,9-12H2,1-2H3/t13-,14-/m1/s1. The molecule has 1 fully saturated rings. The summed E-state index contributed by atoms with van der Waals surface area (Å²) in [5.74, 6) is 2.11. The highest BCUT2D eigenvalue weighted by Crippen LogP contribution is 2.23. The van der Waals surface area contributed by atoms with Crippen LogP contribution in [-0.4, -0.2) is 23.9 Å². The molecule has 2 atom stereocenters. The predicted octanol–water partition coefficient (Wildman–Crippen LogP) is 4.12. The van der Waals surface area contributed by atoms with Crippen LogP contribution in [0.25, 0.3) is 0 Å². The van der Waals surface area contributed by atoms with Crippen molar-refractivity contribution < 1.29 is 18.3 Å². The van der Waals surface area contributed by atoms with Gasteiger partial charge in [0.2, 0.25) is 0 Å². The summed E-state index contributed by atoms with van der Waals surface area (Å²) in [6, 6.07) is 9.22. The molecule has 2 aromatic rings. The van der Waals surface area contributed by atoms with Crippen LogP contribution in [0.5, 0.6) is 5.75 Å². The van der Waals surface area contributed by atoms with Gasteiger partial charge in [-0.3, -0.25) is 4.79 Å². The van der Waals surface area contributed by atoms with Crippen molar-refractivity contribution in [2.24, 2.45) is 11.8 Å². The topological polar surface area (TPSA) is 42.7 Å². The molecule has 128 valence electrons. The Morgan fingerprint density at radius 1 is 1.17 bits per heavy atom. The lowest BCUT2D eigenvalue weighted by Gasteiger charge is -2.34. The van der Waals surface area contributed by atoms with E-state index in [9.17, 15) is 9.18 Å². The number of furan rings is 1. The summed E-state index contributed by atoms with van der Waals surface area (Å²) in [6.07, 6.45) is 1.15. The van der Waals surface area contributed by atoms with Crippen molar-refractivity contribution in [2.45, 2.75) is 26.9 Å². The van der Waals surface area contributed by atoms with Gasteiger partial charge in [-0.15, -0.1) is 0 Å². The molecular formula is C19H22FNO3. The molecule has 5 heteroatoms. The van der Waals surface area contributed by atoms with E-state index in [0.717, 1.165) is 19.5 Å². The van der Waals surface area contributed by atoms with Gasteiger partial charge >= 0.3 is 0 Å². The second-order valence-corrected chi connectivity index (χ2v) is 6.66. The lowest BCUT2D eigenvalue weighted by Crippen LogP contribution is -2.42. The average molecular weight is 331 g/mol. The van der Waals surface area contributed by atoms with Crippen molar-refractivity contribution in [1.29, 1.82) is 0 Å². The number of carbonyl (C=O) groups is 1. The van der Waals surface area contributed by atoms with E-state index in [1.807, 2.05) is 4.90 Å². The van der Waals surface area contributed by atoms with Crippen molar-refractivity contribution >= 4 is 5.91 Å². The number of likely N-dealkylation sites (tertiary alicyclic amines) is 1. The van der Waals surface area contributed by atoms with Gasteiger partial charge in [0.15, 0.2) is 5.76 Å². The number of nitrogens with zero attached hydrogens (tertiary/aromatic N) is 1. The Morgan fingerprint density at radius 2 is 1.83 bits per heavy atom. The lowest BCUT2D eigenvalue weighted by molar-refractivity contribution is 0.0587. The van der Waals surface area contributed by atoms with Crippen LogP contribution in [0.4, 0.5) is 4.39 Å². The smallest absolute Gasteiger partial charge is 0.289 e. The minimum absolute atomic E-state index is 0.0681. The molecule has 0 spiro atoms. The summed E-state index contributed by atoms with van der Waals surface area (Å²) in [6.45, 7) is 6.07. The van der Waals surface area contributed by atoms with Crippen LogP contribution in [0.3, 0.4) is 0 Å². The minimum Gasteiger partial charge on any atom is -0.486 e. The van der Waals surface area contributed by atoms with E-state index in [4.69, 9.17) is 9.15 Å². The zero-order valence-corrected chi connectivity index (χ0v) is 14.0. The lowest BCUT2D eigenvalue weighted by atomic mass is 9.92. The molecule has 0 aliphatic carbocycles. The number of hydrogen-bond donors (Lipinski definition) is 0. The molecule has 0 unspecified atom stereocenters. The Hall–Kier alpha value is -2.30. The van der Waals surface area contributed by atoms with Gasteiger partial charge in [-0.25, -0.2) is 4.39 Å². The third-order valence-corrected chi connectivity index (χ3v) is 4.22. The molecule has 0 N–H and O–H groups in total. The van der Waals surface area contributed by atoms with Gasteiger partial charge in [0.1, 0.15) is 23.9 Å². The number of ether oxygens (including phenoxy) is 1. The highest BCUT2D eigenvalue weighted by molar-refractivity contribution is 5.91. The number of piperidine rings is 1. The van der Waals surface area contributed by atoms with E-state index in [1.54, 1.807) is 24.3 Å². The van der Waals surface area contributed by atoms with Crippen molar-refractivity contribution in [3.8, 4) is 5.75 Å². The monoisotopic (exact) mass is 331 g/mol. The maximum absolute atomic E-state index is 12.9. The Balaban J connectivity index is 1.60. The molecule has 4 nitrogen and oxygen atoms in total. The van der Waals surface area contributed by atoms with Crippen LogP contribution in [-0.2, 0) is 6.61 Å². The number of hydrogen-bond acceptors (Lipinski definition) is 3. The van der Waals surface area contributed by atoms with Gasteiger partial charge in [-0.05, 0) is 54.7 Å². The van der Waals surface area contributed by atoms with Gasteiger partial charge in [0, 0.05) is 13.1 Å². The fourth-order valence-corrected chi connectivity index (χ4v) is 3.24. The predicted molar refractivity (Wildman–Crippen MR) is 88.3 cm³/mol. The molecule has 0 saturated carbocycles. The van der Waals surface area contributed by atoms with Gasteiger partial charge in [0.25, 0.3) is 5.91 Å². The number of halogens is 1. The maximum atomic E-state index is 12.9. The number of benzene rings is 1. The van der Waals surface area contributed by atoms with Crippen LogP contribution in [0.15, 0.2) is 40.8 Å². The van der Waals surface area contributed by atoms with Gasteiger partial charge in [-0.2, -0.15) is 0 Å². The van der Waals surface area contributed by atoms with E-state index in [-0.39, 0.29) is 18.3 Å². The average Bonchev–Trinajstić information content (AvgIpc) is 3.01. The van der Waals surface area contributed by atoms with Crippen LogP contribution < -0.4 is 4.74 Å². The number of carbonyl (C=O) groups excluding carboxylic acids is 1. The SMILES string of the molecule is C[C@@H]1C[C@@H](C)CN(C(=O)c2ccc(COc3ccc(F)cc3)o2)C1. The number of amides is 1. The van der Waals surface area contributed by atoms with Gasteiger partial charge in [-0.1, -0.05) is 13.8 Å². The first-order chi connectivity index (χ1) is 11.5. The molecule has 1 aliphatic rings. The summed E-state index contributed by atoms with van der Waals surface area (Å²) in [4.78, 5) is 14.4. The van der Waals surface area contributed by atoms with E-state index >= 15 is 0 Å². The summed E-state index contributed by atoms with van der Waals surface area (Å²) >= 11 is 0. The normalized spacial score (nSPS) is 20.9. The van der Waals surface area contributed by atoms with Crippen molar-refractivity contribution in [3.63, 3.8) is 0 Å². The summed E-state index contributed by atoms with van der Waals surface area (Å²) in [5, 5.41) is 0. The van der Waals surface area contributed by atoms with Crippen molar-refractivity contribution in [3.05, 3.63) is 53.7 Å². The van der Waals surface area contributed by atoms with Crippen LogP contribution in [0.2, 0.25) is 0 Å². The Bertz CT molecular complexity index is 685. The zero-order chi connectivity index (χ0) is 17.1. The minimum atomic E-state index is -0.307. The maximum Gasteiger partial charge on any atom is 0.289 e. The Kier molecular flexibility index (Phi) is 4.88. The highest BCUT2D eigenvalue weighted by Gasteiger charge is 2.27. The van der Waals surface area contributed by atoms with E-state index in [2.05, 4.69) is 13.8 Å². The molecule has 1 aromatic heterocycles. The molecule has 1 amide bonds. The summed E-state index contributed by atoms with van der Waals surface area (Å²) < 4.78 is 24.0. The molecule has 1 aliphatic heterocycles.